The van der Waals surface area contributed by atoms with Crippen LogP contribution in [0.5, 0.6) is 0 Å². The minimum Gasteiger partial charge on any atom is -0.349 e. The Bertz CT molecular complexity index is 1300. The van der Waals surface area contributed by atoms with Crippen LogP contribution in [0.15, 0.2) is 30.6 Å². The van der Waals surface area contributed by atoms with E-state index in [0.29, 0.717) is 11.1 Å². The maximum Gasteiger partial charge on any atom is 0.459 e. The Labute approximate surface area is 193 Å². The highest BCUT2D eigenvalue weighted by atomic mass is 35.5. The van der Waals surface area contributed by atoms with Gasteiger partial charge in [-0.3, -0.25) is 10.1 Å². The van der Waals surface area contributed by atoms with Crippen molar-refractivity contribution in [3.63, 3.8) is 0 Å². The Morgan fingerprint density at radius 1 is 1.24 bits per heavy atom. The van der Waals surface area contributed by atoms with Crippen LogP contribution < -0.4 is 10.6 Å². The van der Waals surface area contributed by atoms with E-state index in [9.17, 15) is 26.7 Å². The molecule has 3 aromatic rings. The summed E-state index contributed by atoms with van der Waals surface area (Å²) in [6.45, 7) is 0. The number of nitrogens with zero attached hydrogens (tertiary/aromatic N) is 5. The van der Waals surface area contributed by atoms with Crippen molar-refractivity contribution in [1.82, 2.24) is 24.9 Å². The molecule has 0 bridgehead atoms. The Hall–Kier alpha value is -3.66. The highest BCUT2D eigenvalue weighted by Gasteiger charge is 2.62. The standard InChI is InChI=1S/C20H15ClF5N7O/c1-32-18(15(28-9-27)16(31-32)19(22,23)20(24,25)26)33-8-11(7-29-33)10-2-5-14(21)13(6-10)17(34)30-12-3-4-12/h2,5-8,12,28H,3-4H2,1H3,(H,30,34). The first-order valence-corrected chi connectivity index (χ1v) is 10.1. The van der Waals surface area contributed by atoms with Gasteiger partial charge in [-0.1, -0.05) is 17.7 Å². The van der Waals surface area contributed by atoms with Crippen LogP contribution in [-0.2, 0) is 13.0 Å². The number of amides is 1. The van der Waals surface area contributed by atoms with Crippen LogP contribution >= 0.6 is 11.6 Å². The van der Waals surface area contributed by atoms with Gasteiger partial charge < -0.3 is 5.32 Å². The smallest absolute Gasteiger partial charge is 0.349 e. The second kappa shape index (κ2) is 8.28. The number of rotatable bonds is 6. The van der Waals surface area contributed by atoms with Gasteiger partial charge in [0.1, 0.15) is 5.69 Å². The first-order chi connectivity index (χ1) is 15.9. The van der Waals surface area contributed by atoms with Crippen molar-refractivity contribution in [2.24, 2.45) is 7.05 Å². The van der Waals surface area contributed by atoms with Gasteiger partial charge in [0, 0.05) is 24.8 Å². The summed E-state index contributed by atoms with van der Waals surface area (Å²) in [5.74, 6) is -6.00. The van der Waals surface area contributed by atoms with Crippen LogP contribution in [0, 0.1) is 11.5 Å². The molecule has 0 atom stereocenters. The van der Waals surface area contributed by atoms with Crippen molar-refractivity contribution in [1.29, 1.82) is 5.26 Å². The molecule has 0 radical (unpaired) electrons. The molecule has 1 aliphatic rings. The second-order valence-electron chi connectivity index (χ2n) is 7.60. The largest absolute Gasteiger partial charge is 0.459 e. The summed E-state index contributed by atoms with van der Waals surface area (Å²) in [6.07, 6.45) is -0.160. The van der Waals surface area contributed by atoms with Gasteiger partial charge in [-0.25, -0.2) is 9.36 Å². The van der Waals surface area contributed by atoms with Gasteiger partial charge in [0.15, 0.2) is 17.7 Å². The first-order valence-electron chi connectivity index (χ1n) is 9.77. The van der Waals surface area contributed by atoms with Gasteiger partial charge in [0.25, 0.3) is 5.91 Å². The molecule has 2 heterocycles. The molecule has 1 saturated carbocycles. The van der Waals surface area contributed by atoms with E-state index in [0.717, 1.165) is 29.3 Å². The van der Waals surface area contributed by atoms with Crippen molar-refractivity contribution in [2.75, 3.05) is 5.32 Å². The summed E-state index contributed by atoms with van der Waals surface area (Å²) < 4.78 is 68.7. The van der Waals surface area contributed by atoms with E-state index in [1.807, 2.05) is 5.32 Å². The number of hydrogen-bond donors (Lipinski definition) is 2. The summed E-state index contributed by atoms with van der Waals surface area (Å²) in [6, 6.07) is 4.72. The second-order valence-corrected chi connectivity index (χ2v) is 8.00. The molecule has 1 aliphatic carbocycles. The lowest BCUT2D eigenvalue weighted by atomic mass is 10.1. The molecule has 2 aromatic heterocycles. The number of halogens is 6. The van der Waals surface area contributed by atoms with Gasteiger partial charge in [0.05, 0.1) is 16.8 Å². The quantitative estimate of drug-likeness (QED) is 0.298. The highest BCUT2D eigenvalue weighted by Crippen LogP contribution is 2.47. The van der Waals surface area contributed by atoms with Crippen molar-refractivity contribution in [3.05, 3.63) is 46.9 Å². The Balaban J connectivity index is 1.74. The lowest BCUT2D eigenvalue weighted by Gasteiger charge is -2.18. The van der Waals surface area contributed by atoms with Crippen LogP contribution in [0.25, 0.3) is 16.9 Å². The summed E-state index contributed by atoms with van der Waals surface area (Å²) in [7, 11) is 1.14. The maximum atomic E-state index is 14.0. The Kier molecular flexibility index (Phi) is 5.72. The van der Waals surface area contributed by atoms with Crippen LogP contribution in [0.2, 0.25) is 5.02 Å². The predicted molar refractivity (Wildman–Crippen MR) is 110 cm³/mol. The molecule has 0 saturated heterocycles. The van der Waals surface area contributed by atoms with Crippen LogP contribution in [0.1, 0.15) is 28.9 Å². The van der Waals surface area contributed by atoms with Gasteiger partial charge in [-0.2, -0.15) is 37.4 Å². The molecule has 14 heteroatoms. The average molecular weight is 500 g/mol. The first kappa shape index (κ1) is 23.5. The molecule has 0 spiro atoms. The molecule has 1 amide bonds. The van der Waals surface area contributed by atoms with Gasteiger partial charge >= 0.3 is 12.1 Å². The zero-order valence-corrected chi connectivity index (χ0v) is 18.0. The number of aryl methyl sites for hydroxylation is 1. The third-order valence-electron chi connectivity index (χ3n) is 5.11. The fraction of sp³-hybridized carbons (Fsp3) is 0.300. The fourth-order valence-electron chi connectivity index (χ4n) is 3.26. The van der Waals surface area contributed by atoms with Crippen molar-refractivity contribution in [2.45, 2.75) is 31.0 Å². The number of hydrogen-bond acceptors (Lipinski definition) is 5. The van der Waals surface area contributed by atoms with E-state index in [1.54, 1.807) is 6.07 Å². The number of carbonyl (C=O) groups excluding carboxylic acids is 1. The lowest BCUT2D eigenvalue weighted by Crippen LogP contribution is -2.34. The van der Waals surface area contributed by atoms with Crippen LogP contribution in [0.4, 0.5) is 27.6 Å². The Morgan fingerprint density at radius 3 is 2.56 bits per heavy atom. The molecule has 1 aromatic carbocycles. The van der Waals surface area contributed by atoms with Gasteiger partial charge in [0.2, 0.25) is 0 Å². The third-order valence-corrected chi connectivity index (χ3v) is 5.44. The van der Waals surface area contributed by atoms with Crippen LogP contribution in [-0.4, -0.2) is 37.7 Å². The molecule has 34 heavy (non-hydrogen) atoms. The number of carbonyl (C=O) groups is 1. The average Bonchev–Trinajstić information content (AvgIpc) is 3.32. The highest BCUT2D eigenvalue weighted by molar-refractivity contribution is 6.34. The van der Waals surface area contributed by atoms with E-state index in [2.05, 4.69) is 15.5 Å². The number of aromatic nitrogens is 4. The van der Waals surface area contributed by atoms with Crippen LogP contribution in [0.3, 0.4) is 0 Å². The van der Waals surface area contributed by atoms with E-state index in [4.69, 9.17) is 16.9 Å². The van der Waals surface area contributed by atoms with E-state index >= 15 is 0 Å². The molecular formula is C20H15ClF5N7O. The zero-order chi connectivity index (χ0) is 24.8. The van der Waals surface area contributed by atoms with Gasteiger partial charge in [-0.15, -0.1) is 0 Å². The summed E-state index contributed by atoms with van der Waals surface area (Å²) in [5, 5.41) is 21.2. The topological polar surface area (TPSA) is 101 Å². The molecule has 178 valence electrons. The molecule has 0 unspecified atom stereocenters. The number of benzene rings is 1. The maximum absolute atomic E-state index is 14.0. The molecule has 2 N–H and O–H groups in total. The molecule has 8 nitrogen and oxygen atoms in total. The van der Waals surface area contributed by atoms with Crippen molar-refractivity contribution >= 4 is 23.2 Å². The SMILES string of the molecule is Cn1nc(C(F)(F)C(F)(F)F)c(NC#N)c1-n1cc(-c2ccc(Cl)c(C(=O)NC3CC3)c2)cn1. The van der Waals surface area contributed by atoms with E-state index in [-0.39, 0.29) is 28.4 Å². The molecule has 1 fully saturated rings. The summed E-state index contributed by atoms with van der Waals surface area (Å²) >= 11 is 6.15. The minimum absolute atomic E-state index is 0.106. The van der Waals surface area contributed by atoms with Crippen molar-refractivity contribution in [3.8, 4) is 23.1 Å². The predicted octanol–water partition coefficient (Wildman–Crippen LogP) is 4.37. The summed E-state index contributed by atoms with van der Waals surface area (Å²) in [4.78, 5) is 12.4. The van der Waals surface area contributed by atoms with Crippen molar-refractivity contribution < 1.29 is 26.7 Å². The lowest BCUT2D eigenvalue weighted by molar-refractivity contribution is -0.290. The number of nitrogens with one attached hydrogen (secondary N) is 2. The molecular weight excluding hydrogens is 485 g/mol. The molecule has 0 aliphatic heterocycles. The van der Waals surface area contributed by atoms with E-state index in [1.165, 1.54) is 30.7 Å². The minimum atomic E-state index is -5.93. The normalized spacial score (nSPS) is 14.1. The number of alkyl halides is 5. The zero-order valence-electron chi connectivity index (χ0n) is 17.3. The summed E-state index contributed by atoms with van der Waals surface area (Å²) in [5.41, 5.74) is -1.39. The fourth-order valence-corrected chi connectivity index (χ4v) is 3.46. The number of anilines is 1. The van der Waals surface area contributed by atoms with Gasteiger partial charge in [-0.05, 0) is 30.5 Å². The Morgan fingerprint density at radius 2 is 1.94 bits per heavy atom. The van der Waals surface area contributed by atoms with E-state index < -0.39 is 23.5 Å². The monoisotopic (exact) mass is 499 g/mol. The number of nitriles is 1. The molecule has 4 rings (SSSR count). The third kappa shape index (κ3) is 4.16.